The van der Waals surface area contributed by atoms with Crippen LogP contribution in [0.1, 0.15) is 46.5 Å². The monoisotopic (exact) mass is 218 g/mol. The Kier molecular flexibility index (Phi) is 4.72. The summed E-state index contributed by atoms with van der Waals surface area (Å²) in [5.74, 6) is 0.703. The lowest BCUT2D eigenvalue weighted by atomic mass is 9.83. The predicted octanol–water partition coefficient (Wildman–Crippen LogP) is 4.21. The van der Waals surface area contributed by atoms with Crippen LogP contribution in [0, 0.1) is 5.92 Å². The van der Waals surface area contributed by atoms with Crippen LogP contribution < -0.4 is 0 Å². The summed E-state index contributed by atoms with van der Waals surface area (Å²) < 4.78 is 0. The van der Waals surface area contributed by atoms with E-state index in [1.165, 1.54) is 5.57 Å². The van der Waals surface area contributed by atoms with Gasteiger partial charge in [0.1, 0.15) is 0 Å². The highest BCUT2D eigenvalue weighted by molar-refractivity contribution is 5.91. The van der Waals surface area contributed by atoms with E-state index in [1.807, 2.05) is 13.8 Å². The first-order valence-corrected chi connectivity index (χ1v) is 6.00. The summed E-state index contributed by atoms with van der Waals surface area (Å²) in [5.41, 5.74) is 3.64. The fourth-order valence-corrected chi connectivity index (χ4v) is 2.08. The van der Waals surface area contributed by atoms with Crippen LogP contribution in [-0.2, 0) is 4.79 Å². The fraction of sp³-hybridized carbons (Fsp3) is 0.533. The number of carbonyl (C=O) groups is 1. The zero-order chi connectivity index (χ0) is 12.1. The lowest BCUT2D eigenvalue weighted by molar-refractivity contribution is -0.114. The van der Waals surface area contributed by atoms with Crippen LogP contribution in [0.3, 0.4) is 0 Å². The van der Waals surface area contributed by atoms with Crippen molar-refractivity contribution in [3.8, 4) is 0 Å². The highest BCUT2D eigenvalue weighted by Gasteiger charge is 2.16. The van der Waals surface area contributed by atoms with E-state index in [9.17, 15) is 4.79 Å². The van der Waals surface area contributed by atoms with Gasteiger partial charge in [-0.05, 0) is 52.0 Å². The molecule has 0 heterocycles. The van der Waals surface area contributed by atoms with Crippen molar-refractivity contribution in [2.75, 3.05) is 0 Å². The molecule has 0 aliphatic heterocycles. The second kappa shape index (κ2) is 5.83. The third-order valence-corrected chi connectivity index (χ3v) is 3.07. The molecule has 0 N–H and O–H groups in total. The van der Waals surface area contributed by atoms with Gasteiger partial charge >= 0.3 is 0 Å². The molecule has 1 aliphatic rings. The minimum atomic E-state index is 0.191. The average molecular weight is 218 g/mol. The molecule has 0 aromatic rings. The van der Waals surface area contributed by atoms with Gasteiger partial charge in [-0.25, -0.2) is 0 Å². The summed E-state index contributed by atoms with van der Waals surface area (Å²) in [6, 6.07) is 0. The van der Waals surface area contributed by atoms with Crippen molar-refractivity contribution in [1.29, 1.82) is 0 Å². The molecule has 0 aromatic heterocycles. The topological polar surface area (TPSA) is 17.1 Å². The fourth-order valence-electron chi connectivity index (χ4n) is 2.08. The van der Waals surface area contributed by atoms with E-state index >= 15 is 0 Å². The second-order valence-electron chi connectivity index (χ2n) is 5.04. The second-order valence-corrected chi connectivity index (χ2v) is 5.04. The van der Waals surface area contributed by atoms with Crippen LogP contribution >= 0.6 is 0 Å². The standard InChI is InChI=1S/C15H22O/c1-11(2)9-15(16)10-13(4)14-7-5-12(3)6-8-14/h5,9,14H,4,6-8,10H2,1-3H3/t14-/m1/s1. The predicted molar refractivity (Wildman–Crippen MR) is 69.3 cm³/mol. The van der Waals surface area contributed by atoms with Gasteiger partial charge < -0.3 is 0 Å². The number of hydrogen-bond acceptors (Lipinski definition) is 1. The van der Waals surface area contributed by atoms with E-state index in [-0.39, 0.29) is 5.78 Å². The molecular formula is C15H22O. The van der Waals surface area contributed by atoms with E-state index in [0.717, 1.165) is 30.4 Å². The molecule has 1 heteroatoms. The van der Waals surface area contributed by atoms with Crippen LogP contribution in [0.4, 0.5) is 0 Å². The smallest absolute Gasteiger partial charge is 0.159 e. The molecule has 1 rings (SSSR count). The number of hydrogen-bond donors (Lipinski definition) is 0. The first kappa shape index (κ1) is 13.0. The summed E-state index contributed by atoms with van der Waals surface area (Å²) >= 11 is 0. The third kappa shape index (κ3) is 4.18. The summed E-state index contributed by atoms with van der Waals surface area (Å²) in [5, 5.41) is 0. The molecule has 1 nitrogen and oxygen atoms in total. The molecule has 1 atom stereocenters. The SMILES string of the molecule is C=C(CC(=O)C=C(C)C)[C@@H]1CC=C(C)CC1. The Morgan fingerprint density at radius 1 is 1.56 bits per heavy atom. The van der Waals surface area contributed by atoms with Crippen LogP contribution in [0.15, 0.2) is 35.5 Å². The normalized spacial score (nSPS) is 19.9. The molecule has 0 amide bonds. The summed E-state index contributed by atoms with van der Waals surface area (Å²) in [7, 11) is 0. The molecule has 1 aliphatic carbocycles. The first-order valence-electron chi connectivity index (χ1n) is 6.00. The van der Waals surface area contributed by atoms with E-state index < -0.39 is 0 Å². The van der Waals surface area contributed by atoms with Gasteiger partial charge in [-0.1, -0.05) is 29.4 Å². The largest absolute Gasteiger partial charge is 0.295 e. The Bertz CT molecular complexity index is 340. The van der Waals surface area contributed by atoms with Crippen LogP contribution in [0.2, 0.25) is 0 Å². The minimum absolute atomic E-state index is 0.191. The van der Waals surface area contributed by atoms with Crippen molar-refractivity contribution in [1.82, 2.24) is 0 Å². The molecule has 0 spiro atoms. The van der Waals surface area contributed by atoms with Gasteiger partial charge in [0.05, 0.1) is 0 Å². The van der Waals surface area contributed by atoms with Crippen molar-refractivity contribution in [2.45, 2.75) is 46.5 Å². The van der Waals surface area contributed by atoms with Crippen molar-refractivity contribution in [2.24, 2.45) is 5.92 Å². The number of allylic oxidation sites excluding steroid dienone is 5. The molecule has 88 valence electrons. The lowest BCUT2D eigenvalue weighted by Gasteiger charge is -2.22. The zero-order valence-corrected chi connectivity index (χ0v) is 10.7. The molecule has 0 bridgehead atoms. The van der Waals surface area contributed by atoms with Crippen molar-refractivity contribution in [3.63, 3.8) is 0 Å². The Morgan fingerprint density at radius 2 is 2.25 bits per heavy atom. The van der Waals surface area contributed by atoms with Crippen molar-refractivity contribution >= 4 is 5.78 Å². The lowest BCUT2D eigenvalue weighted by Crippen LogP contribution is -2.10. The zero-order valence-electron chi connectivity index (χ0n) is 10.7. The third-order valence-electron chi connectivity index (χ3n) is 3.07. The maximum Gasteiger partial charge on any atom is 0.159 e. The van der Waals surface area contributed by atoms with Crippen molar-refractivity contribution in [3.05, 3.63) is 35.5 Å². The van der Waals surface area contributed by atoms with E-state index in [2.05, 4.69) is 19.6 Å². The number of rotatable bonds is 4. The van der Waals surface area contributed by atoms with E-state index in [4.69, 9.17) is 0 Å². The van der Waals surface area contributed by atoms with Gasteiger partial charge in [0.25, 0.3) is 0 Å². The number of ketones is 1. The van der Waals surface area contributed by atoms with Gasteiger partial charge in [-0.2, -0.15) is 0 Å². The van der Waals surface area contributed by atoms with Gasteiger partial charge in [0.2, 0.25) is 0 Å². The molecule has 0 aromatic carbocycles. The molecule has 0 unspecified atom stereocenters. The molecule has 0 fully saturated rings. The van der Waals surface area contributed by atoms with Crippen LogP contribution in [-0.4, -0.2) is 5.78 Å². The average Bonchev–Trinajstić information content (AvgIpc) is 2.16. The van der Waals surface area contributed by atoms with Gasteiger partial charge in [-0.3, -0.25) is 4.79 Å². The van der Waals surface area contributed by atoms with E-state index in [1.54, 1.807) is 6.08 Å². The Hall–Kier alpha value is -1.11. The number of carbonyl (C=O) groups excluding carboxylic acids is 1. The molecular weight excluding hydrogens is 196 g/mol. The molecule has 16 heavy (non-hydrogen) atoms. The maximum absolute atomic E-state index is 11.6. The quantitative estimate of drug-likeness (QED) is 0.510. The Morgan fingerprint density at radius 3 is 2.75 bits per heavy atom. The van der Waals surface area contributed by atoms with Crippen LogP contribution in [0.5, 0.6) is 0 Å². The van der Waals surface area contributed by atoms with Crippen LogP contribution in [0.25, 0.3) is 0 Å². The highest BCUT2D eigenvalue weighted by Crippen LogP contribution is 2.29. The summed E-state index contributed by atoms with van der Waals surface area (Å²) in [4.78, 5) is 11.6. The van der Waals surface area contributed by atoms with Gasteiger partial charge in [-0.15, -0.1) is 0 Å². The molecule has 0 saturated carbocycles. The van der Waals surface area contributed by atoms with Crippen molar-refractivity contribution < 1.29 is 4.79 Å². The molecule has 0 saturated heterocycles. The summed E-state index contributed by atoms with van der Waals surface area (Å²) in [6.07, 6.45) is 7.89. The first-order chi connectivity index (χ1) is 7.49. The Balaban J connectivity index is 2.48. The Labute approximate surface area is 98.9 Å². The maximum atomic E-state index is 11.6. The molecule has 0 radical (unpaired) electrons. The highest BCUT2D eigenvalue weighted by atomic mass is 16.1. The van der Waals surface area contributed by atoms with Gasteiger partial charge in [0.15, 0.2) is 5.78 Å². The summed E-state index contributed by atoms with van der Waals surface area (Å²) in [6.45, 7) is 10.1. The van der Waals surface area contributed by atoms with Gasteiger partial charge in [0, 0.05) is 6.42 Å². The minimum Gasteiger partial charge on any atom is -0.295 e. The van der Waals surface area contributed by atoms with E-state index in [0.29, 0.717) is 12.3 Å².